The topological polar surface area (TPSA) is 142 Å². The summed E-state index contributed by atoms with van der Waals surface area (Å²) < 4.78 is 6.38. The van der Waals surface area contributed by atoms with Crippen molar-refractivity contribution in [1.29, 1.82) is 5.41 Å². The van der Waals surface area contributed by atoms with Crippen LogP contribution in [0.1, 0.15) is 10.6 Å². The molecule has 0 aliphatic carbocycles. The second-order valence-electron chi connectivity index (χ2n) is 7.27. The van der Waals surface area contributed by atoms with Crippen LogP contribution >= 0.6 is 23.7 Å². The number of amides is 1. The average Bonchev–Trinajstić information content (AvgIpc) is 3.24. The standard InChI is InChI=1S/C24H21N5O4S.ClH/c25-23(26)15-6-8-16(9-7-15)27-13-21-28-19-12-18(10-11-20(19)34-21)33-24(32)29(14-22(30)31)17-4-2-1-3-5-17;/h1-12,27H,13-14H2,(H3,25,26)(H,30,31);1H. The van der Waals surface area contributed by atoms with Crippen molar-refractivity contribution in [1.82, 2.24) is 4.98 Å². The predicted octanol–water partition coefficient (Wildman–Crippen LogP) is 4.70. The van der Waals surface area contributed by atoms with Crippen LogP contribution in [0.3, 0.4) is 0 Å². The summed E-state index contributed by atoms with van der Waals surface area (Å²) in [6.45, 7) is -0.0285. The van der Waals surface area contributed by atoms with E-state index in [1.54, 1.807) is 54.6 Å². The minimum Gasteiger partial charge on any atom is -0.480 e. The van der Waals surface area contributed by atoms with Crippen LogP contribution < -0.4 is 20.7 Å². The molecule has 1 amide bonds. The van der Waals surface area contributed by atoms with Crippen molar-refractivity contribution in [3.63, 3.8) is 0 Å². The molecule has 4 aromatic rings. The first-order chi connectivity index (χ1) is 16.4. The quantitative estimate of drug-likeness (QED) is 0.198. The summed E-state index contributed by atoms with van der Waals surface area (Å²) in [5.74, 6) is -0.860. The molecule has 1 aromatic heterocycles. The van der Waals surface area contributed by atoms with Crippen molar-refractivity contribution in [2.75, 3.05) is 16.8 Å². The summed E-state index contributed by atoms with van der Waals surface area (Å²) in [5.41, 5.74) is 8.10. The maximum atomic E-state index is 12.7. The monoisotopic (exact) mass is 511 g/mol. The number of amidine groups is 1. The molecule has 0 saturated carbocycles. The first-order valence-corrected chi connectivity index (χ1v) is 11.0. The number of hydrogen-bond acceptors (Lipinski definition) is 7. The van der Waals surface area contributed by atoms with E-state index in [-0.39, 0.29) is 24.0 Å². The number of carbonyl (C=O) groups excluding carboxylic acids is 1. The molecule has 0 atom stereocenters. The van der Waals surface area contributed by atoms with Crippen LogP contribution in [0.2, 0.25) is 0 Å². The van der Waals surface area contributed by atoms with Crippen molar-refractivity contribution >= 4 is 63.2 Å². The largest absolute Gasteiger partial charge is 0.480 e. The fourth-order valence-electron chi connectivity index (χ4n) is 3.20. The molecule has 0 aliphatic rings. The Hall–Kier alpha value is -4.15. The number of anilines is 2. The number of rotatable bonds is 8. The van der Waals surface area contributed by atoms with Gasteiger partial charge in [0.2, 0.25) is 0 Å². The van der Waals surface area contributed by atoms with Crippen LogP contribution in [-0.4, -0.2) is 34.5 Å². The van der Waals surface area contributed by atoms with Gasteiger partial charge in [0.25, 0.3) is 0 Å². The van der Waals surface area contributed by atoms with Gasteiger partial charge < -0.3 is 20.9 Å². The van der Waals surface area contributed by atoms with Crippen LogP contribution in [0.15, 0.2) is 72.8 Å². The lowest BCUT2D eigenvalue weighted by Gasteiger charge is -2.20. The number of ether oxygens (including phenoxy) is 1. The normalized spacial score (nSPS) is 10.3. The Bertz CT molecular complexity index is 1350. The summed E-state index contributed by atoms with van der Waals surface area (Å²) in [4.78, 5) is 29.6. The number of thiazole rings is 1. The number of benzene rings is 3. The zero-order valence-electron chi connectivity index (χ0n) is 18.3. The summed E-state index contributed by atoms with van der Waals surface area (Å²) in [6, 6.07) is 20.8. The zero-order valence-corrected chi connectivity index (χ0v) is 19.9. The summed E-state index contributed by atoms with van der Waals surface area (Å²) >= 11 is 1.51. The molecule has 0 fully saturated rings. The number of nitrogens with two attached hydrogens (primary N) is 1. The van der Waals surface area contributed by atoms with E-state index in [4.69, 9.17) is 15.9 Å². The van der Waals surface area contributed by atoms with Gasteiger partial charge in [0.15, 0.2) is 0 Å². The minimum absolute atomic E-state index is 0. The van der Waals surface area contributed by atoms with Crippen LogP contribution in [-0.2, 0) is 11.3 Å². The lowest BCUT2D eigenvalue weighted by molar-refractivity contribution is -0.135. The van der Waals surface area contributed by atoms with Crippen LogP contribution in [0, 0.1) is 5.41 Å². The average molecular weight is 512 g/mol. The smallest absolute Gasteiger partial charge is 0.420 e. The molecule has 0 radical (unpaired) electrons. The molecule has 35 heavy (non-hydrogen) atoms. The number of nitrogens with zero attached hydrogens (tertiary/aromatic N) is 2. The summed E-state index contributed by atoms with van der Waals surface area (Å²) in [5, 5.41) is 20.8. The number of para-hydroxylation sites is 1. The van der Waals surface area contributed by atoms with E-state index in [0.717, 1.165) is 20.3 Å². The van der Waals surface area contributed by atoms with E-state index < -0.39 is 18.6 Å². The third-order valence-electron chi connectivity index (χ3n) is 4.83. The van der Waals surface area contributed by atoms with Crippen LogP contribution in [0.4, 0.5) is 16.2 Å². The lowest BCUT2D eigenvalue weighted by atomic mass is 10.2. The molecule has 0 unspecified atom stereocenters. The maximum Gasteiger partial charge on any atom is 0.420 e. The molecule has 3 aromatic carbocycles. The number of hydrogen-bond donors (Lipinski definition) is 4. The number of aromatic nitrogens is 1. The minimum atomic E-state index is -1.15. The van der Waals surface area contributed by atoms with Crippen molar-refractivity contribution in [2.24, 2.45) is 5.73 Å². The number of nitrogen functional groups attached to an aromatic ring is 1. The highest BCUT2D eigenvalue weighted by atomic mass is 35.5. The van der Waals surface area contributed by atoms with Crippen LogP contribution in [0.25, 0.3) is 10.2 Å². The highest BCUT2D eigenvalue weighted by Crippen LogP contribution is 2.27. The Labute approximate surface area is 211 Å². The Kier molecular flexibility index (Phi) is 8.24. The summed E-state index contributed by atoms with van der Waals surface area (Å²) in [6.07, 6.45) is -0.793. The number of nitrogens with one attached hydrogen (secondary N) is 2. The van der Waals surface area contributed by atoms with E-state index in [9.17, 15) is 14.7 Å². The SMILES string of the molecule is Cl.N=C(N)c1ccc(NCc2nc3cc(OC(=O)N(CC(=O)O)c4ccccc4)ccc3s2)cc1. The van der Waals surface area contributed by atoms with Crippen molar-refractivity contribution in [2.45, 2.75) is 6.54 Å². The van der Waals surface area contributed by atoms with Gasteiger partial charge in [-0.2, -0.15) is 0 Å². The van der Waals surface area contributed by atoms with E-state index >= 15 is 0 Å². The predicted molar refractivity (Wildman–Crippen MR) is 139 cm³/mol. The molecule has 4 rings (SSSR count). The zero-order chi connectivity index (χ0) is 24.1. The van der Waals surface area contributed by atoms with E-state index in [1.807, 2.05) is 18.2 Å². The number of carbonyl (C=O) groups is 2. The number of halogens is 1. The third-order valence-corrected chi connectivity index (χ3v) is 5.87. The molecular formula is C24H22ClN5O4S. The number of fused-ring (bicyclic) bond motifs is 1. The van der Waals surface area contributed by atoms with Gasteiger partial charge >= 0.3 is 12.1 Å². The fraction of sp³-hybridized carbons (Fsp3) is 0.0833. The molecule has 0 spiro atoms. The van der Waals surface area contributed by atoms with Crippen molar-refractivity contribution in [3.05, 3.63) is 83.4 Å². The molecule has 11 heteroatoms. The molecule has 1 heterocycles. The molecular weight excluding hydrogens is 490 g/mol. The van der Waals surface area contributed by atoms with E-state index in [0.29, 0.717) is 23.3 Å². The van der Waals surface area contributed by atoms with Crippen molar-refractivity contribution < 1.29 is 19.4 Å². The van der Waals surface area contributed by atoms with E-state index in [2.05, 4.69) is 10.3 Å². The number of carboxylic acid groups (broad SMARTS) is 1. The maximum absolute atomic E-state index is 12.7. The molecule has 5 N–H and O–H groups in total. The van der Waals surface area contributed by atoms with E-state index in [1.165, 1.54) is 11.3 Å². The van der Waals surface area contributed by atoms with Gasteiger partial charge in [0.1, 0.15) is 23.1 Å². The highest BCUT2D eigenvalue weighted by Gasteiger charge is 2.21. The molecule has 9 nitrogen and oxygen atoms in total. The highest BCUT2D eigenvalue weighted by molar-refractivity contribution is 7.18. The summed E-state index contributed by atoms with van der Waals surface area (Å²) in [7, 11) is 0. The fourth-order valence-corrected chi connectivity index (χ4v) is 4.09. The Morgan fingerprint density at radius 2 is 1.80 bits per heavy atom. The van der Waals surface area contributed by atoms with Crippen LogP contribution in [0.5, 0.6) is 5.75 Å². The molecule has 180 valence electrons. The Balaban J connectivity index is 0.00000342. The second kappa shape index (κ2) is 11.3. The van der Waals surface area contributed by atoms with Gasteiger partial charge in [-0.1, -0.05) is 18.2 Å². The van der Waals surface area contributed by atoms with Gasteiger partial charge in [-0.3, -0.25) is 15.1 Å². The molecule has 0 aliphatic heterocycles. The van der Waals surface area contributed by atoms with Gasteiger partial charge in [0, 0.05) is 23.0 Å². The number of aliphatic carboxylic acids is 1. The number of carboxylic acids is 1. The lowest BCUT2D eigenvalue weighted by Crippen LogP contribution is -2.37. The Morgan fingerprint density at radius 3 is 2.46 bits per heavy atom. The Morgan fingerprint density at radius 1 is 1.09 bits per heavy atom. The first-order valence-electron chi connectivity index (χ1n) is 10.2. The van der Waals surface area contributed by atoms with Gasteiger partial charge in [-0.15, -0.1) is 23.7 Å². The molecule has 0 bridgehead atoms. The van der Waals surface area contributed by atoms with Crippen molar-refractivity contribution in [3.8, 4) is 5.75 Å². The molecule has 0 saturated heterocycles. The van der Waals surface area contributed by atoms with Gasteiger partial charge in [-0.25, -0.2) is 9.78 Å². The van der Waals surface area contributed by atoms with Gasteiger partial charge in [-0.05, 0) is 48.5 Å². The van der Waals surface area contributed by atoms with Gasteiger partial charge in [0.05, 0.1) is 16.8 Å². The third kappa shape index (κ3) is 6.46. The first kappa shape index (κ1) is 25.5. The second-order valence-corrected chi connectivity index (χ2v) is 8.38.